The fourth-order valence-electron chi connectivity index (χ4n) is 1.08. The second kappa shape index (κ2) is 2.84. The van der Waals surface area contributed by atoms with Gasteiger partial charge in [-0.1, -0.05) is 0 Å². The van der Waals surface area contributed by atoms with Gasteiger partial charge in [0, 0.05) is 6.54 Å². The van der Waals surface area contributed by atoms with Crippen LogP contribution in [0.25, 0.3) is 0 Å². The van der Waals surface area contributed by atoms with Crippen molar-refractivity contribution in [3.8, 4) is 0 Å². The highest BCUT2D eigenvalue weighted by atomic mass is 16.4. The number of nitrogens with one attached hydrogen (secondary N) is 1. The van der Waals surface area contributed by atoms with E-state index in [9.17, 15) is 5.11 Å². The molecule has 4 heteroatoms. The molecular weight excluding hydrogens is 134 g/mol. The van der Waals surface area contributed by atoms with Gasteiger partial charge in [-0.05, 0) is 13.0 Å². The molecule has 1 heterocycles. The molecule has 0 unspecified atom stereocenters. The van der Waals surface area contributed by atoms with Gasteiger partial charge >= 0.3 is 0 Å². The highest BCUT2D eigenvalue weighted by molar-refractivity contribution is 4.91. The van der Waals surface area contributed by atoms with Crippen molar-refractivity contribution >= 4 is 0 Å². The monoisotopic (exact) mass is 147 g/mol. The van der Waals surface area contributed by atoms with E-state index in [4.69, 9.17) is 10.2 Å². The normalized spacial score (nSPS) is 41.7. The first-order valence-electron chi connectivity index (χ1n) is 3.41. The van der Waals surface area contributed by atoms with Crippen molar-refractivity contribution in [3.05, 3.63) is 0 Å². The zero-order chi connectivity index (χ0) is 7.61. The number of β-amino-alcohol motifs (C(OH)–C–C–N with tert-alkyl or cyclic N) is 1. The summed E-state index contributed by atoms with van der Waals surface area (Å²) in [6, 6.07) is 0. The van der Waals surface area contributed by atoms with Crippen LogP contribution >= 0.6 is 0 Å². The third kappa shape index (κ3) is 1.29. The highest BCUT2D eigenvalue weighted by Gasteiger charge is 2.36. The van der Waals surface area contributed by atoms with Gasteiger partial charge in [0.25, 0.3) is 0 Å². The zero-order valence-electron chi connectivity index (χ0n) is 5.75. The predicted octanol–water partition coefficient (Wildman–Crippen LogP) is -1.94. The van der Waals surface area contributed by atoms with Crippen LogP contribution in [0.3, 0.4) is 0 Å². The van der Waals surface area contributed by atoms with Crippen LogP contribution < -0.4 is 5.32 Å². The van der Waals surface area contributed by atoms with E-state index in [1.54, 1.807) is 0 Å². The zero-order valence-corrected chi connectivity index (χ0v) is 5.75. The van der Waals surface area contributed by atoms with E-state index in [-0.39, 0.29) is 6.61 Å². The summed E-state index contributed by atoms with van der Waals surface area (Å²) in [7, 11) is 0. The number of aliphatic hydroxyl groups is 3. The van der Waals surface area contributed by atoms with Crippen LogP contribution in [0.15, 0.2) is 0 Å². The molecule has 4 nitrogen and oxygen atoms in total. The first-order chi connectivity index (χ1) is 4.69. The average molecular weight is 147 g/mol. The van der Waals surface area contributed by atoms with Crippen molar-refractivity contribution in [3.63, 3.8) is 0 Å². The summed E-state index contributed by atoms with van der Waals surface area (Å²) < 4.78 is 0. The van der Waals surface area contributed by atoms with Crippen LogP contribution in [0, 0.1) is 0 Å². The molecule has 0 bridgehead atoms. The molecule has 1 aliphatic rings. The van der Waals surface area contributed by atoms with Gasteiger partial charge in [0.1, 0.15) is 5.60 Å². The smallest absolute Gasteiger partial charge is 0.116 e. The first-order valence-corrected chi connectivity index (χ1v) is 3.41. The molecule has 60 valence electrons. The van der Waals surface area contributed by atoms with Gasteiger partial charge in [-0.15, -0.1) is 0 Å². The van der Waals surface area contributed by atoms with Crippen LogP contribution in [0.5, 0.6) is 0 Å². The maximum Gasteiger partial charge on any atom is 0.116 e. The van der Waals surface area contributed by atoms with Crippen LogP contribution in [-0.4, -0.2) is 46.7 Å². The van der Waals surface area contributed by atoms with E-state index < -0.39 is 11.7 Å². The fourth-order valence-corrected chi connectivity index (χ4v) is 1.08. The van der Waals surface area contributed by atoms with Crippen LogP contribution in [-0.2, 0) is 0 Å². The number of hydrogen-bond acceptors (Lipinski definition) is 4. The molecule has 0 saturated carbocycles. The number of rotatable bonds is 1. The van der Waals surface area contributed by atoms with Crippen LogP contribution in [0.1, 0.15) is 6.42 Å². The van der Waals surface area contributed by atoms with E-state index >= 15 is 0 Å². The van der Waals surface area contributed by atoms with Gasteiger partial charge in [0.15, 0.2) is 0 Å². The SMILES string of the molecule is OC[C@@]1(O)CCNC[C@@H]1O. The third-order valence-corrected chi connectivity index (χ3v) is 1.97. The Morgan fingerprint density at radius 3 is 2.70 bits per heavy atom. The molecule has 0 spiro atoms. The van der Waals surface area contributed by atoms with Gasteiger partial charge < -0.3 is 20.6 Å². The summed E-state index contributed by atoms with van der Waals surface area (Å²) in [5.74, 6) is 0. The summed E-state index contributed by atoms with van der Waals surface area (Å²) in [6.07, 6.45) is -0.434. The second-order valence-corrected chi connectivity index (χ2v) is 2.73. The Morgan fingerprint density at radius 1 is 1.60 bits per heavy atom. The van der Waals surface area contributed by atoms with Crippen LogP contribution in [0.4, 0.5) is 0 Å². The molecule has 4 N–H and O–H groups in total. The maximum absolute atomic E-state index is 9.41. The summed E-state index contributed by atoms with van der Waals surface area (Å²) in [4.78, 5) is 0. The first kappa shape index (κ1) is 7.94. The van der Waals surface area contributed by atoms with Gasteiger partial charge in [-0.25, -0.2) is 0 Å². The standard InChI is InChI=1S/C6H13NO3/c8-4-6(10)1-2-7-3-5(6)9/h5,7-10H,1-4H2/t5-,6-/m0/s1. The minimum Gasteiger partial charge on any atom is -0.393 e. The quantitative estimate of drug-likeness (QED) is 0.348. The lowest BCUT2D eigenvalue weighted by Gasteiger charge is -2.35. The molecule has 10 heavy (non-hydrogen) atoms. The highest BCUT2D eigenvalue weighted by Crippen LogP contribution is 2.16. The van der Waals surface area contributed by atoms with Crippen molar-refractivity contribution < 1.29 is 15.3 Å². The molecule has 1 fully saturated rings. The van der Waals surface area contributed by atoms with Crippen molar-refractivity contribution in [1.82, 2.24) is 5.32 Å². The Morgan fingerprint density at radius 2 is 2.30 bits per heavy atom. The lowest BCUT2D eigenvalue weighted by Crippen LogP contribution is -2.56. The number of hydrogen-bond donors (Lipinski definition) is 4. The Bertz CT molecular complexity index is 120. The lowest BCUT2D eigenvalue weighted by molar-refractivity contribution is -0.119. The van der Waals surface area contributed by atoms with Crippen molar-refractivity contribution in [2.24, 2.45) is 0 Å². The van der Waals surface area contributed by atoms with Gasteiger partial charge in [-0.2, -0.15) is 0 Å². The molecule has 1 aliphatic heterocycles. The van der Waals surface area contributed by atoms with E-state index in [0.717, 1.165) is 0 Å². The third-order valence-electron chi connectivity index (χ3n) is 1.97. The van der Waals surface area contributed by atoms with Gasteiger partial charge in [0.2, 0.25) is 0 Å². The summed E-state index contributed by atoms with van der Waals surface area (Å²) in [5, 5.41) is 30.2. The maximum atomic E-state index is 9.41. The molecular formula is C6H13NO3. The van der Waals surface area contributed by atoms with E-state index in [0.29, 0.717) is 19.5 Å². The van der Waals surface area contributed by atoms with E-state index in [1.165, 1.54) is 0 Å². The van der Waals surface area contributed by atoms with Crippen LogP contribution in [0.2, 0.25) is 0 Å². The predicted molar refractivity (Wildman–Crippen MR) is 35.5 cm³/mol. The average Bonchev–Trinajstić information content (AvgIpc) is 1.96. The molecule has 1 rings (SSSR count). The Kier molecular flexibility index (Phi) is 2.25. The molecule has 0 aromatic heterocycles. The molecule has 0 aliphatic carbocycles. The molecule has 0 aromatic rings. The topological polar surface area (TPSA) is 72.7 Å². The molecule has 1 saturated heterocycles. The van der Waals surface area contributed by atoms with Crippen molar-refractivity contribution in [2.75, 3.05) is 19.7 Å². The number of aliphatic hydroxyl groups excluding tert-OH is 2. The molecule has 0 amide bonds. The molecule has 0 aromatic carbocycles. The second-order valence-electron chi connectivity index (χ2n) is 2.73. The van der Waals surface area contributed by atoms with Crippen molar-refractivity contribution in [2.45, 2.75) is 18.1 Å². The van der Waals surface area contributed by atoms with Gasteiger partial charge in [-0.3, -0.25) is 0 Å². The van der Waals surface area contributed by atoms with Gasteiger partial charge in [0.05, 0.1) is 12.7 Å². The van der Waals surface area contributed by atoms with E-state index in [1.807, 2.05) is 0 Å². The number of piperidine rings is 1. The minimum absolute atomic E-state index is 0.358. The largest absolute Gasteiger partial charge is 0.393 e. The Hall–Kier alpha value is -0.160. The summed E-state index contributed by atoms with van der Waals surface area (Å²) in [5.41, 5.74) is -1.27. The Balaban J connectivity index is 2.54. The molecule has 2 atom stereocenters. The minimum atomic E-state index is -1.27. The Labute approximate surface area is 59.5 Å². The van der Waals surface area contributed by atoms with E-state index in [2.05, 4.69) is 5.32 Å². The summed E-state index contributed by atoms with van der Waals surface area (Å²) >= 11 is 0. The lowest BCUT2D eigenvalue weighted by atomic mass is 9.91. The summed E-state index contributed by atoms with van der Waals surface area (Å²) in [6.45, 7) is 0.640. The molecule has 0 radical (unpaired) electrons. The van der Waals surface area contributed by atoms with Crippen molar-refractivity contribution in [1.29, 1.82) is 0 Å². The fraction of sp³-hybridized carbons (Fsp3) is 1.00.